The second-order valence-electron chi connectivity index (χ2n) is 4.72. The number of aromatic nitrogens is 2. The molecule has 0 bridgehead atoms. The minimum Gasteiger partial charge on any atom is -0.383 e. The Kier molecular flexibility index (Phi) is 4.34. The summed E-state index contributed by atoms with van der Waals surface area (Å²) >= 11 is 1.68. The summed E-state index contributed by atoms with van der Waals surface area (Å²) in [5.41, 5.74) is 7.25. The van der Waals surface area contributed by atoms with Crippen LogP contribution in [0, 0.1) is 13.8 Å². The summed E-state index contributed by atoms with van der Waals surface area (Å²) in [5.74, 6) is 1.35. The summed E-state index contributed by atoms with van der Waals surface area (Å²) < 4.78 is 5.06. The first-order valence-corrected chi connectivity index (χ1v) is 7.04. The van der Waals surface area contributed by atoms with Gasteiger partial charge in [-0.25, -0.2) is 9.97 Å². The van der Waals surface area contributed by atoms with Gasteiger partial charge in [0, 0.05) is 18.5 Å². The van der Waals surface area contributed by atoms with E-state index in [1.807, 2.05) is 7.05 Å². The molecule has 19 heavy (non-hydrogen) atoms. The maximum Gasteiger partial charge on any atom is 0.146 e. The number of nitrogen functional groups attached to an aromatic ring is 1. The van der Waals surface area contributed by atoms with Crippen LogP contribution in [0.2, 0.25) is 0 Å². The molecule has 2 rings (SSSR count). The zero-order valence-electron chi connectivity index (χ0n) is 11.9. The largest absolute Gasteiger partial charge is 0.383 e. The van der Waals surface area contributed by atoms with Gasteiger partial charge in [0.25, 0.3) is 0 Å². The molecule has 2 N–H and O–H groups in total. The average Bonchev–Trinajstić information content (AvgIpc) is 2.62. The van der Waals surface area contributed by atoms with Crippen molar-refractivity contribution in [2.75, 3.05) is 33.0 Å². The molecular weight excluding hydrogens is 260 g/mol. The van der Waals surface area contributed by atoms with E-state index in [9.17, 15) is 0 Å². The van der Waals surface area contributed by atoms with Crippen LogP contribution >= 0.6 is 11.3 Å². The van der Waals surface area contributed by atoms with E-state index in [2.05, 4.69) is 28.7 Å². The van der Waals surface area contributed by atoms with Gasteiger partial charge in [-0.1, -0.05) is 0 Å². The molecule has 2 aromatic heterocycles. The number of fused-ring (bicyclic) bond motifs is 1. The number of rotatable bonds is 5. The van der Waals surface area contributed by atoms with Crippen LogP contribution in [0.4, 0.5) is 5.82 Å². The number of thiophene rings is 1. The monoisotopic (exact) mass is 280 g/mol. The predicted octanol–water partition coefficient (Wildman–Crippen LogP) is 1.97. The van der Waals surface area contributed by atoms with Gasteiger partial charge in [-0.05, 0) is 26.5 Å². The molecule has 0 atom stereocenters. The van der Waals surface area contributed by atoms with Crippen LogP contribution < -0.4 is 5.73 Å². The van der Waals surface area contributed by atoms with Gasteiger partial charge < -0.3 is 10.5 Å². The number of methoxy groups -OCH3 is 1. The summed E-state index contributed by atoms with van der Waals surface area (Å²) in [7, 11) is 3.72. The van der Waals surface area contributed by atoms with E-state index < -0.39 is 0 Å². The van der Waals surface area contributed by atoms with Crippen LogP contribution in [0.5, 0.6) is 0 Å². The molecule has 0 saturated carbocycles. The standard InChI is InChI=1S/C13H20N4OS/c1-8-9(2)19-13-11(8)12(14)15-10(16-13)7-17(3)5-6-18-4/h5-7H2,1-4H3,(H2,14,15,16). The number of hydrogen-bond acceptors (Lipinski definition) is 6. The summed E-state index contributed by atoms with van der Waals surface area (Å²) in [6, 6.07) is 0. The number of nitrogens with zero attached hydrogens (tertiary/aromatic N) is 3. The summed E-state index contributed by atoms with van der Waals surface area (Å²) in [5, 5.41) is 1.01. The van der Waals surface area contributed by atoms with Crippen molar-refractivity contribution in [1.29, 1.82) is 0 Å². The molecule has 5 nitrogen and oxygen atoms in total. The maximum atomic E-state index is 6.06. The minimum atomic E-state index is 0.585. The quantitative estimate of drug-likeness (QED) is 0.907. The van der Waals surface area contributed by atoms with Crippen LogP contribution in [0.1, 0.15) is 16.3 Å². The lowest BCUT2D eigenvalue weighted by atomic mass is 10.2. The number of hydrogen-bond donors (Lipinski definition) is 1. The molecule has 0 saturated heterocycles. The van der Waals surface area contributed by atoms with Crippen LogP contribution in [0.25, 0.3) is 10.2 Å². The van der Waals surface area contributed by atoms with Gasteiger partial charge in [-0.3, -0.25) is 4.90 Å². The third kappa shape index (κ3) is 3.02. The smallest absolute Gasteiger partial charge is 0.146 e. The highest BCUT2D eigenvalue weighted by molar-refractivity contribution is 7.18. The molecule has 6 heteroatoms. The Bertz CT molecular complexity index is 582. The second-order valence-corrected chi connectivity index (χ2v) is 5.92. The van der Waals surface area contributed by atoms with Gasteiger partial charge in [0.1, 0.15) is 16.5 Å². The molecule has 0 aliphatic heterocycles. The molecule has 104 valence electrons. The lowest BCUT2D eigenvalue weighted by Gasteiger charge is -2.15. The molecule has 2 heterocycles. The number of likely N-dealkylation sites (N-methyl/N-ethyl adjacent to an activating group) is 1. The van der Waals surface area contributed by atoms with Crippen molar-refractivity contribution in [1.82, 2.24) is 14.9 Å². The Morgan fingerprint density at radius 1 is 1.32 bits per heavy atom. The van der Waals surface area contributed by atoms with Crippen LogP contribution in [-0.2, 0) is 11.3 Å². The second kappa shape index (κ2) is 5.81. The molecule has 0 radical (unpaired) electrons. The molecule has 0 aromatic carbocycles. The van der Waals surface area contributed by atoms with Gasteiger partial charge in [0.15, 0.2) is 0 Å². The molecule has 0 spiro atoms. The van der Waals surface area contributed by atoms with E-state index >= 15 is 0 Å². The third-order valence-electron chi connectivity index (χ3n) is 3.19. The lowest BCUT2D eigenvalue weighted by Crippen LogP contribution is -2.23. The normalized spacial score (nSPS) is 11.6. The van der Waals surface area contributed by atoms with Crippen LogP contribution in [-0.4, -0.2) is 42.2 Å². The van der Waals surface area contributed by atoms with Crippen molar-refractivity contribution in [2.45, 2.75) is 20.4 Å². The van der Waals surface area contributed by atoms with Crippen molar-refractivity contribution in [3.63, 3.8) is 0 Å². The van der Waals surface area contributed by atoms with Crippen LogP contribution in [0.3, 0.4) is 0 Å². The number of nitrogens with two attached hydrogens (primary N) is 1. The summed E-state index contributed by atoms with van der Waals surface area (Å²) in [4.78, 5) is 13.4. The Hall–Kier alpha value is -1.24. The molecule has 0 aliphatic rings. The van der Waals surface area contributed by atoms with Crippen molar-refractivity contribution >= 4 is 27.4 Å². The van der Waals surface area contributed by atoms with Gasteiger partial charge in [0.2, 0.25) is 0 Å². The fourth-order valence-corrected chi connectivity index (χ4v) is 3.02. The van der Waals surface area contributed by atoms with Gasteiger partial charge in [-0.2, -0.15) is 0 Å². The molecule has 2 aromatic rings. The van der Waals surface area contributed by atoms with E-state index in [4.69, 9.17) is 10.5 Å². The molecule has 0 aliphatic carbocycles. The first-order valence-electron chi connectivity index (χ1n) is 6.22. The Morgan fingerprint density at radius 2 is 2.05 bits per heavy atom. The molecule has 0 unspecified atom stereocenters. The minimum absolute atomic E-state index is 0.585. The van der Waals surface area contributed by atoms with E-state index in [1.165, 1.54) is 10.4 Å². The molecular formula is C13H20N4OS. The highest BCUT2D eigenvalue weighted by Crippen LogP contribution is 2.31. The van der Waals surface area contributed by atoms with Crippen LogP contribution in [0.15, 0.2) is 0 Å². The van der Waals surface area contributed by atoms with E-state index in [0.717, 1.165) is 22.6 Å². The Labute approximate surface area is 117 Å². The van der Waals surface area contributed by atoms with E-state index in [0.29, 0.717) is 19.0 Å². The lowest BCUT2D eigenvalue weighted by molar-refractivity contribution is 0.157. The van der Waals surface area contributed by atoms with Gasteiger partial charge in [-0.15, -0.1) is 11.3 Å². The van der Waals surface area contributed by atoms with E-state index in [1.54, 1.807) is 18.4 Å². The zero-order valence-corrected chi connectivity index (χ0v) is 12.7. The van der Waals surface area contributed by atoms with Gasteiger partial charge in [0.05, 0.1) is 18.5 Å². The number of anilines is 1. The summed E-state index contributed by atoms with van der Waals surface area (Å²) in [6.45, 7) is 6.38. The van der Waals surface area contributed by atoms with Gasteiger partial charge >= 0.3 is 0 Å². The third-order valence-corrected chi connectivity index (χ3v) is 4.29. The summed E-state index contributed by atoms with van der Waals surface area (Å²) in [6.07, 6.45) is 0. The highest BCUT2D eigenvalue weighted by atomic mass is 32.1. The van der Waals surface area contributed by atoms with Crippen molar-refractivity contribution in [2.24, 2.45) is 0 Å². The topological polar surface area (TPSA) is 64.3 Å². The first kappa shape index (κ1) is 14.2. The van der Waals surface area contributed by atoms with Crippen molar-refractivity contribution in [3.05, 3.63) is 16.3 Å². The first-order chi connectivity index (χ1) is 9.02. The molecule has 0 fully saturated rings. The highest BCUT2D eigenvalue weighted by Gasteiger charge is 2.13. The Morgan fingerprint density at radius 3 is 2.74 bits per heavy atom. The maximum absolute atomic E-state index is 6.06. The predicted molar refractivity (Wildman–Crippen MR) is 79.5 cm³/mol. The Balaban J connectivity index is 2.26. The SMILES string of the molecule is COCCN(C)Cc1nc(N)c2c(C)c(C)sc2n1. The average molecular weight is 280 g/mol. The van der Waals surface area contributed by atoms with Crippen molar-refractivity contribution in [3.8, 4) is 0 Å². The van der Waals surface area contributed by atoms with Crippen molar-refractivity contribution < 1.29 is 4.74 Å². The zero-order chi connectivity index (χ0) is 14.0. The fraction of sp³-hybridized carbons (Fsp3) is 0.538. The number of ether oxygens (including phenoxy) is 1. The molecule has 0 amide bonds. The van der Waals surface area contributed by atoms with E-state index in [-0.39, 0.29) is 0 Å². The number of aryl methyl sites for hydroxylation is 2. The fourth-order valence-electron chi connectivity index (χ4n) is 1.96.